The molecule has 0 saturated carbocycles. The van der Waals surface area contributed by atoms with Gasteiger partial charge in [0.25, 0.3) is 0 Å². The van der Waals surface area contributed by atoms with Gasteiger partial charge in [-0.3, -0.25) is 4.79 Å². The van der Waals surface area contributed by atoms with Gasteiger partial charge in [-0.05, 0) is 35.0 Å². The molecule has 3 nitrogen and oxygen atoms in total. The number of amides is 1. The molecule has 0 aliphatic rings. The molecular formula is C21H15FN2OS2. The summed E-state index contributed by atoms with van der Waals surface area (Å²) >= 11 is 2.76. The van der Waals surface area contributed by atoms with Crippen molar-refractivity contribution in [3.05, 3.63) is 77.9 Å². The van der Waals surface area contributed by atoms with E-state index in [2.05, 4.69) is 28.5 Å². The summed E-state index contributed by atoms with van der Waals surface area (Å²) in [5.41, 5.74) is 1.89. The maximum absolute atomic E-state index is 12.9. The van der Waals surface area contributed by atoms with Crippen LogP contribution in [0.25, 0.3) is 22.0 Å². The summed E-state index contributed by atoms with van der Waals surface area (Å²) in [5, 5.41) is 7.65. The van der Waals surface area contributed by atoms with E-state index >= 15 is 0 Å². The zero-order valence-electron chi connectivity index (χ0n) is 14.2. The second kappa shape index (κ2) is 7.90. The van der Waals surface area contributed by atoms with Crippen LogP contribution in [0.3, 0.4) is 0 Å². The number of nitrogens with one attached hydrogen (secondary N) is 1. The van der Waals surface area contributed by atoms with Crippen LogP contribution in [0, 0.1) is 5.82 Å². The van der Waals surface area contributed by atoms with Crippen LogP contribution in [0.2, 0.25) is 0 Å². The van der Waals surface area contributed by atoms with Gasteiger partial charge in [-0.2, -0.15) is 0 Å². The van der Waals surface area contributed by atoms with Gasteiger partial charge in [0.05, 0.1) is 11.4 Å². The summed E-state index contributed by atoms with van der Waals surface area (Å²) < 4.78 is 12.9. The predicted molar refractivity (Wildman–Crippen MR) is 111 cm³/mol. The molecule has 0 aliphatic heterocycles. The Labute approximate surface area is 164 Å². The molecule has 0 atom stereocenters. The number of hydrogen-bond donors (Lipinski definition) is 1. The maximum atomic E-state index is 12.9. The normalized spacial score (nSPS) is 10.9. The van der Waals surface area contributed by atoms with Crippen LogP contribution in [0.15, 0.2) is 77.0 Å². The Balaban J connectivity index is 1.44. The molecular weight excluding hydrogens is 379 g/mol. The summed E-state index contributed by atoms with van der Waals surface area (Å²) in [6, 6.07) is 20.4. The second-order valence-electron chi connectivity index (χ2n) is 5.86. The molecule has 0 saturated heterocycles. The fourth-order valence-electron chi connectivity index (χ4n) is 2.74. The lowest BCUT2D eigenvalue weighted by Gasteiger charge is -2.04. The first-order chi connectivity index (χ1) is 13.2. The van der Waals surface area contributed by atoms with Gasteiger partial charge >= 0.3 is 0 Å². The van der Waals surface area contributed by atoms with Crippen molar-refractivity contribution in [3.63, 3.8) is 0 Å². The number of anilines is 1. The van der Waals surface area contributed by atoms with E-state index in [1.807, 2.05) is 29.6 Å². The van der Waals surface area contributed by atoms with Gasteiger partial charge in [0, 0.05) is 15.8 Å². The molecule has 1 N–H and O–H groups in total. The van der Waals surface area contributed by atoms with Crippen LogP contribution in [-0.4, -0.2) is 16.6 Å². The summed E-state index contributed by atoms with van der Waals surface area (Å²) in [6.45, 7) is 0. The van der Waals surface area contributed by atoms with E-state index in [1.54, 1.807) is 12.1 Å². The van der Waals surface area contributed by atoms with Crippen molar-refractivity contribution in [3.8, 4) is 11.3 Å². The van der Waals surface area contributed by atoms with Crippen molar-refractivity contribution < 1.29 is 9.18 Å². The minimum absolute atomic E-state index is 0.136. The van der Waals surface area contributed by atoms with Crippen LogP contribution < -0.4 is 5.32 Å². The summed E-state index contributed by atoms with van der Waals surface area (Å²) in [7, 11) is 0. The van der Waals surface area contributed by atoms with E-state index in [0.29, 0.717) is 5.13 Å². The van der Waals surface area contributed by atoms with Crippen LogP contribution in [0.4, 0.5) is 9.52 Å². The number of hydrogen-bond acceptors (Lipinski definition) is 4. The predicted octanol–water partition coefficient (Wildman–Crippen LogP) is 5.83. The molecule has 27 heavy (non-hydrogen) atoms. The first-order valence-corrected chi connectivity index (χ1v) is 10.2. The number of fused-ring (bicyclic) bond motifs is 1. The number of benzene rings is 3. The van der Waals surface area contributed by atoms with E-state index in [-0.39, 0.29) is 17.5 Å². The molecule has 0 bridgehead atoms. The molecule has 0 unspecified atom stereocenters. The van der Waals surface area contributed by atoms with Gasteiger partial charge in [0.1, 0.15) is 5.82 Å². The van der Waals surface area contributed by atoms with E-state index in [1.165, 1.54) is 35.2 Å². The highest BCUT2D eigenvalue weighted by Crippen LogP contribution is 2.31. The number of thioether (sulfide) groups is 1. The summed E-state index contributed by atoms with van der Waals surface area (Å²) in [6.07, 6.45) is 0. The fraction of sp³-hybridized carbons (Fsp3) is 0.0476. The first-order valence-electron chi connectivity index (χ1n) is 8.31. The third-order valence-electron chi connectivity index (χ3n) is 4.00. The first kappa shape index (κ1) is 17.7. The zero-order valence-corrected chi connectivity index (χ0v) is 15.8. The lowest BCUT2D eigenvalue weighted by atomic mass is 10.0. The highest BCUT2D eigenvalue weighted by molar-refractivity contribution is 8.00. The Morgan fingerprint density at radius 1 is 1.04 bits per heavy atom. The third kappa shape index (κ3) is 4.18. The van der Waals surface area contributed by atoms with Crippen molar-refractivity contribution in [1.29, 1.82) is 0 Å². The SMILES string of the molecule is O=C(CSc1ccc(F)cc1)Nc1nc(-c2cccc3ccccc23)cs1. The van der Waals surface area contributed by atoms with Gasteiger partial charge in [-0.1, -0.05) is 42.5 Å². The van der Waals surface area contributed by atoms with E-state index in [4.69, 9.17) is 0 Å². The number of carbonyl (C=O) groups is 1. The van der Waals surface area contributed by atoms with Gasteiger partial charge < -0.3 is 5.32 Å². The van der Waals surface area contributed by atoms with Crippen LogP contribution in [0.1, 0.15) is 0 Å². The second-order valence-corrected chi connectivity index (χ2v) is 7.76. The molecule has 4 rings (SSSR count). The average molecular weight is 394 g/mol. The number of rotatable bonds is 5. The smallest absolute Gasteiger partial charge is 0.236 e. The van der Waals surface area contributed by atoms with Crippen molar-refractivity contribution in [2.45, 2.75) is 4.90 Å². The Morgan fingerprint density at radius 2 is 1.81 bits per heavy atom. The van der Waals surface area contributed by atoms with Gasteiger partial charge in [0.2, 0.25) is 5.91 Å². The lowest BCUT2D eigenvalue weighted by molar-refractivity contribution is -0.113. The molecule has 0 fully saturated rings. The molecule has 0 spiro atoms. The molecule has 0 aliphatic carbocycles. The number of thiazole rings is 1. The van der Waals surface area contributed by atoms with Crippen LogP contribution in [0.5, 0.6) is 0 Å². The van der Waals surface area contributed by atoms with Gasteiger partial charge in [0.15, 0.2) is 5.13 Å². The standard InChI is InChI=1S/C21H15FN2OS2/c22-15-8-10-16(11-9-15)26-13-20(25)24-21-23-19(12-27-21)18-7-3-5-14-4-1-2-6-17(14)18/h1-12H,13H2,(H,23,24,25). The third-order valence-corrected chi connectivity index (χ3v) is 5.77. The Hall–Kier alpha value is -2.70. The van der Waals surface area contributed by atoms with Crippen molar-refractivity contribution >= 4 is 44.9 Å². The van der Waals surface area contributed by atoms with Crippen molar-refractivity contribution in [2.75, 3.05) is 11.1 Å². The molecule has 1 heterocycles. The minimum atomic E-state index is -0.285. The molecule has 6 heteroatoms. The van der Waals surface area contributed by atoms with Crippen molar-refractivity contribution in [1.82, 2.24) is 4.98 Å². The fourth-order valence-corrected chi connectivity index (χ4v) is 4.16. The topological polar surface area (TPSA) is 42.0 Å². The number of nitrogens with zero attached hydrogens (tertiary/aromatic N) is 1. The maximum Gasteiger partial charge on any atom is 0.236 e. The van der Waals surface area contributed by atoms with E-state index in [0.717, 1.165) is 26.9 Å². The lowest BCUT2D eigenvalue weighted by Crippen LogP contribution is -2.13. The Kier molecular flexibility index (Phi) is 5.18. The Bertz CT molecular complexity index is 1090. The monoisotopic (exact) mass is 394 g/mol. The number of carbonyl (C=O) groups excluding carboxylic acids is 1. The largest absolute Gasteiger partial charge is 0.301 e. The van der Waals surface area contributed by atoms with Crippen molar-refractivity contribution in [2.24, 2.45) is 0 Å². The summed E-state index contributed by atoms with van der Waals surface area (Å²) in [5.74, 6) is -0.176. The Morgan fingerprint density at radius 3 is 2.67 bits per heavy atom. The molecule has 0 radical (unpaired) electrons. The highest BCUT2D eigenvalue weighted by Gasteiger charge is 2.10. The van der Waals surface area contributed by atoms with E-state index in [9.17, 15) is 9.18 Å². The van der Waals surface area contributed by atoms with Gasteiger partial charge in [-0.25, -0.2) is 9.37 Å². The molecule has 3 aromatic carbocycles. The minimum Gasteiger partial charge on any atom is -0.301 e. The van der Waals surface area contributed by atoms with Gasteiger partial charge in [-0.15, -0.1) is 23.1 Å². The summed E-state index contributed by atoms with van der Waals surface area (Å²) in [4.78, 5) is 17.6. The molecule has 134 valence electrons. The molecule has 4 aromatic rings. The average Bonchev–Trinajstić information content (AvgIpc) is 3.15. The molecule has 1 aromatic heterocycles. The van der Waals surface area contributed by atoms with Crippen LogP contribution in [-0.2, 0) is 4.79 Å². The highest BCUT2D eigenvalue weighted by atomic mass is 32.2. The zero-order chi connectivity index (χ0) is 18.6. The quantitative estimate of drug-likeness (QED) is 0.433. The van der Waals surface area contributed by atoms with Crippen LogP contribution >= 0.6 is 23.1 Å². The number of aromatic nitrogens is 1. The number of halogens is 1. The van der Waals surface area contributed by atoms with E-state index < -0.39 is 0 Å². The molecule has 1 amide bonds.